The summed E-state index contributed by atoms with van der Waals surface area (Å²) in [7, 11) is 3.18. The van der Waals surface area contributed by atoms with Gasteiger partial charge in [0, 0.05) is 7.05 Å². The Bertz CT molecular complexity index is 613. The summed E-state index contributed by atoms with van der Waals surface area (Å²) in [6.07, 6.45) is 0. The number of hydrogen-bond acceptors (Lipinski definition) is 3. The number of halogens is 1. The molecule has 0 fully saturated rings. The Labute approximate surface area is 107 Å². The summed E-state index contributed by atoms with van der Waals surface area (Å²) < 4.78 is 12.5. The Hall–Kier alpha value is -1.49. The molecule has 0 amide bonds. The Balaban J connectivity index is 2.65. The highest BCUT2D eigenvalue weighted by molar-refractivity contribution is 9.10. The first kappa shape index (κ1) is 12.0. The molecule has 0 saturated heterocycles. The highest BCUT2D eigenvalue weighted by Crippen LogP contribution is 2.30. The summed E-state index contributed by atoms with van der Waals surface area (Å²) in [6, 6.07) is 5.51. The minimum atomic E-state index is -0.146. The Morgan fingerprint density at radius 1 is 1.41 bits per heavy atom. The van der Waals surface area contributed by atoms with E-state index in [9.17, 15) is 4.79 Å². The number of aryl methyl sites for hydroxylation is 2. The Morgan fingerprint density at radius 3 is 2.65 bits per heavy atom. The van der Waals surface area contributed by atoms with E-state index in [-0.39, 0.29) is 5.56 Å². The van der Waals surface area contributed by atoms with Gasteiger partial charge in [-0.15, -0.1) is 0 Å². The standard InChI is InChI=1S/C12H12BrNO3/c1-7-11(12(15)14(2)17-7)8-4-5-9(13)10(6-8)16-3/h4-6H,1-3H3. The molecule has 1 heterocycles. The number of nitrogens with zero attached hydrogens (tertiary/aromatic N) is 1. The van der Waals surface area contributed by atoms with Gasteiger partial charge in [-0.25, -0.2) is 0 Å². The molecule has 4 nitrogen and oxygen atoms in total. The van der Waals surface area contributed by atoms with Crippen LogP contribution in [0.1, 0.15) is 5.76 Å². The molecule has 0 saturated carbocycles. The maximum Gasteiger partial charge on any atom is 0.290 e. The molecular formula is C12H12BrNO3. The van der Waals surface area contributed by atoms with E-state index in [1.807, 2.05) is 18.2 Å². The first-order chi connectivity index (χ1) is 8.04. The second-order valence-electron chi connectivity index (χ2n) is 3.67. The molecule has 5 heteroatoms. The van der Waals surface area contributed by atoms with Gasteiger partial charge in [0.2, 0.25) is 0 Å². The van der Waals surface area contributed by atoms with Crippen molar-refractivity contribution < 1.29 is 9.26 Å². The number of benzene rings is 1. The summed E-state index contributed by atoms with van der Waals surface area (Å²) in [5, 5.41) is 0. The van der Waals surface area contributed by atoms with Gasteiger partial charge in [0.1, 0.15) is 11.5 Å². The molecule has 0 aliphatic carbocycles. The zero-order valence-corrected chi connectivity index (χ0v) is 11.4. The van der Waals surface area contributed by atoms with Gasteiger partial charge in [-0.05, 0) is 40.5 Å². The predicted molar refractivity (Wildman–Crippen MR) is 68.4 cm³/mol. The molecule has 0 spiro atoms. The molecule has 0 bridgehead atoms. The fourth-order valence-electron chi connectivity index (χ4n) is 1.74. The van der Waals surface area contributed by atoms with Crippen LogP contribution in [0.5, 0.6) is 5.75 Å². The zero-order valence-electron chi connectivity index (χ0n) is 9.78. The lowest BCUT2D eigenvalue weighted by molar-refractivity contribution is 0.283. The Kier molecular flexibility index (Phi) is 3.11. The molecule has 17 heavy (non-hydrogen) atoms. The first-order valence-corrected chi connectivity index (χ1v) is 5.84. The third-order valence-electron chi connectivity index (χ3n) is 2.57. The van der Waals surface area contributed by atoms with Crippen LogP contribution in [0.15, 0.2) is 32.0 Å². The molecule has 2 rings (SSSR count). The lowest BCUT2D eigenvalue weighted by Gasteiger charge is -2.05. The first-order valence-electron chi connectivity index (χ1n) is 5.05. The van der Waals surface area contributed by atoms with Gasteiger partial charge < -0.3 is 9.26 Å². The van der Waals surface area contributed by atoms with Crippen molar-refractivity contribution in [3.8, 4) is 16.9 Å². The fourth-order valence-corrected chi connectivity index (χ4v) is 2.15. The summed E-state index contributed by atoms with van der Waals surface area (Å²) in [5.41, 5.74) is 1.21. The average molecular weight is 298 g/mol. The molecule has 1 aromatic carbocycles. The van der Waals surface area contributed by atoms with Crippen LogP contribution in [0.4, 0.5) is 0 Å². The molecule has 90 valence electrons. The number of methoxy groups -OCH3 is 1. The SMILES string of the molecule is COc1cc(-c2c(C)on(C)c2=O)ccc1Br. The van der Waals surface area contributed by atoms with Gasteiger partial charge in [0.15, 0.2) is 0 Å². The van der Waals surface area contributed by atoms with E-state index in [0.29, 0.717) is 17.1 Å². The number of hydrogen-bond donors (Lipinski definition) is 0. The van der Waals surface area contributed by atoms with Crippen LogP contribution in [-0.4, -0.2) is 11.8 Å². The molecule has 0 atom stereocenters. The molecule has 0 aliphatic heterocycles. The van der Waals surface area contributed by atoms with E-state index in [2.05, 4.69) is 15.9 Å². The van der Waals surface area contributed by atoms with Crippen molar-refractivity contribution in [3.05, 3.63) is 38.8 Å². The average Bonchev–Trinajstić information content (AvgIpc) is 2.55. The molecule has 2 aromatic rings. The molecule has 1 aromatic heterocycles. The number of rotatable bonds is 2. The summed E-state index contributed by atoms with van der Waals surface area (Å²) >= 11 is 3.37. The topological polar surface area (TPSA) is 44.4 Å². The van der Waals surface area contributed by atoms with Gasteiger partial charge in [-0.3, -0.25) is 4.79 Å². The monoisotopic (exact) mass is 297 g/mol. The van der Waals surface area contributed by atoms with Crippen LogP contribution in [-0.2, 0) is 7.05 Å². The molecule has 0 unspecified atom stereocenters. The summed E-state index contributed by atoms with van der Waals surface area (Å²) in [4.78, 5) is 11.9. The van der Waals surface area contributed by atoms with Crippen LogP contribution in [0, 0.1) is 6.92 Å². The van der Waals surface area contributed by atoms with Gasteiger partial charge >= 0.3 is 0 Å². The highest BCUT2D eigenvalue weighted by atomic mass is 79.9. The third kappa shape index (κ3) is 2.02. The van der Waals surface area contributed by atoms with Crippen molar-refractivity contribution in [2.75, 3.05) is 7.11 Å². The van der Waals surface area contributed by atoms with E-state index in [1.54, 1.807) is 21.1 Å². The molecule has 0 radical (unpaired) electrons. The maximum absolute atomic E-state index is 11.9. The predicted octanol–water partition coefficient (Wildman–Crippen LogP) is 2.72. The smallest absolute Gasteiger partial charge is 0.290 e. The van der Waals surface area contributed by atoms with Gasteiger partial charge in [0.05, 0.1) is 17.1 Å². The van der Waals surface area contributed by atoms with E-state index >= 15 is 0 Å². The largest absolute Gasteiger partial charge is 0.496 e. The van der Waals surface area contributed by atoms with Crippen molar-refractivity contribution in [2.24, 2.45) is 7.05 Å². The second-order valence-corrected chi connectivity index (χ2v) is 4.53. The van der Waals surface area contributed by atoms with Crippen molar-refractivity contribution >= 4 is 15.9 Å². The van der Waals surface area contributed by atoms with Crippen LogP contribution in [0.25, 0.3) is 11.1 Å². The Morgan fingerprint density at radius 2 is 2.12 bits per heavy atom. The second kappa shape index (κ2) is 4.41. The molecule has 0 N–H and O–H groups in total. The van der Waals surface area contributed by atoms with Crippen molar-refractivity contribution in [1.82, 2.24) is 4.74 Å². The zero-order chi connectivity index (χ0) is 12.6. The molecule has 0 aliphatic rings. The summed E-state index contributed by atoms with van der Waals surface area (Å²) in [6.45, 7) is 1.77. The third-order valence-corrected chi connectivity index (χ3v) is 3.22. The highest BCUT2D eigenvalue weighted by Gasteiger charge is 2.15. The summed E-state index contributed by atoms with van der Waals surface area (Å²) in [5.74, 6) is 1.28. The quantitative estimate of drug-likeness (QED) is 0.856. The minimum absolute atomic E-state index is 0.146. The van der Waals surface area contributed by atoms with Gasteiger partial charge in [-0.2, -0.15) is 4.74 Å². The van der Waals surface area contributed by atoms with Crippen LogP contribution in [0.2, 0.25) is 0 Å². The van der Waals surface area contributed by atoms with Crippen molar-refractivity contribution in [3.63, 3.8) is 0 Å². The maximum atomic E-state index is 11.9. The lowest BCUT2D eigenvalue weighted by atomic mass is 10.1. The minimum Gasteiger partial charge on any atom is -0.496 e. The fraction of sp³-hybridized carbons (Fsp3) is 0.250. The number of ether oxygens (including phenoxy) is 1. The van der Waals surface area contributed by atoms with E-state index in [4.69, 9.17) is 9.26 Å². The normalized spacial score (nSPS) is 10.6. The van der Waals surface area contributed by atoms with Crippen LogP contribution in [0.3, 0.4) is 0 Å². The van der Waals surface area contributed by atoms with Crippen LogP contribution >= 0.6 is 15.9 Å². The van der Waals surface area contributed by atoms with E-state index in [0.717, 1.165) is 10.0 Å². The van der Waals surface area contributed by atoms with Crippen molar-refractivity contribution in [2.45, 2.75) is 6.92 Å². The van der Waals surface area contributed by atoms with Crippen molar-refractivity contribution in [1.29, 1.82) is 0 Å². The van der Waals surface area contributed by atoms with E-state index < -0.39 is 0 Å². The lowest BCUT2D eigenvalue weighted by Crippen LogP contribution is -2.11. The van der Waals surface area contributed by atoms with E-state index in [1.165, 1.54) is 4.74 Å². The molecular weight excluding hydrogens is 286 g/mol. The number of aromatic nitrogens is 1. The van der Waals surface area contributed by atoms with Crippen LogP contribution < -0.4 is 10.3 Å². The van der Waals surface area contributed by atoms with Gasteiger partial charge in [0.25, 0.3) is 5.56 Å². The van der Waals surface area contributed by atoms with Gasteiger partial charge in [-0.1, -0.05) is 6.07 Å².